The van der Waals surface area contributed by atoms with Gasteiger partial charge in [-0.05, 0) is 53.0 Å². The number of methoxy groups -OCH3 is 1. The smallest absolute Gasteiger partial charge is 0.237 e. The average Bonchev–Trinajstić information content (AvgIpc) is 3.16. The topological polar surface area (TPSA) is 67.6 Å². The number of nitrogens with zero attached hydrogens (tertiary/aromatic N) is 1. The van der Waals surface area contributed by atoms with Crippen molar-refractivity contribution >= 4 is 5.91 Å². The van der Waals surface area contributed by atoms with E-state index in [1.807, 2.05) is 6.92 Å². The molecule has 0 aromatic heterocycles. The first-order valence-electron chi connectivity index (χ1n) is 7.69. The Bertz CT molecular complexity index is 305. The predicted octanol–water partition coefficient (Wildman–Crippen LogP) is 1.12. The zero-order valence-corrected chi connectivity index (χ0v) is 13.4. The van der Waals surface area contributed by atoms with Crippen LogP contribution in [0.4, 0.5) is 0 Å². The summed E-state index contributed by atoms with van der Waals surface area (Å²) in [6.07, 6.45) is 4.07. The van der Waals surface area contributed by atoms with E-state index in [-0.39, 0.29) is 5.91 Å². The molecule has 0 aromatic carbocycles. The summed E-state index contributed by atoms with van der Waals surface area (Å²) in [5, 5.41) is 3.40. The lowest BCUT2D eigenvalue weighted by molar-refractivity contribution is -0.124. The molecule has 0 spiro atoms. The highest BCUT2D eigenvalue weighted by Gasteiger charge is 2.36. The van der Waals surface area contributed by atoms with E-state index in [0.29, 0.717) is 12.1 Å². The normalized spacial score (nSPS) is 18.5. The predicted molar refractivity (Wildman–Crippen MR) is 81.6 cm³/mol. The van der Waals surface area contributed by atoms with Gasteiger partial charge in [0.2, 0.25) is 5.91 Å². The van der Waals surface area contributed by atoms with E-state index in [2.05, 4.69) is 24.1 Å². The molecule has 0 bridgehead atoms. The van der Waals surface area contributed by atoms with E-state index in [1.165, 1.54) is 0 Å². The van der Waals surface area contributed by atoms with Gasteiger partial charge in [-0.25, -0.2) is 0 Å². The van der Waals surface area contributed by atoms with Crippen LogP contribution in [-0.2, 0) is 9.53 Å². The molecule has 5 nitrogen and oxygen atoms in total. The van der Waals surface area contributed by atoms with Crippen molar-refractivity contribution in [1.82, 2.24) is 10.2 Å². The summed E-state index contributed by atoms with van der Waals surface area (Å²) < 4.78 is 5.14. The van der Waals surface area contributed by atoms with Crippen LogP contribution in [-0.4, -0.2) is 55.2 Å². The van der Waals surface area contributed by atoms with Gasteiger partial charge in [0.1, 0.15) is 0 Å². The summed E-state index contributed by atoms with van der Waals surface area (Å²) in [4.78, 5) is 14.1. The van der Waals surface area contributed by atoms with E-state index in [4.69, 9.17) is 10.5 Å². The molecule has 20 heavy (non-hydrogen) atoms. The molecular weight excluding hydrogens is 254 g/mol. The fraction of sp³-hybridized carbons (Fsp3) is 0.933. The molecule has 5 heteroatoms. The van der Waals surface area contributed by atoms with Crippen molar-refractivity contribution in [3.05, 3.63) is 0 Å². The third-order valence-corrected chi connectivity index (χ3v) is 4.08. The highest BCUT2D eigenvalue weighted by Crippen LogP contribution is 2.24. The van der Waals surface area contributed by atoms with E-state index in [1.54, 1.807) is 7.11 Å². The summed E-state index contributed by atoms with van der Waals surface area (Å²) in [5.74, 6) is -0.239. The third-order valence-electron chi connectivity index (χ3n) is 4.08. The number of rotatable bonds is 11. The Morgan fingerprint density at radius 1 is 1.45 bits per heavy atom. The average molecular weight is 285 g/mol. The van der Waals surface area contributed by atoms with Gasteiger partial charge < -0.3 is 15.8 Å². The van der Waals surface area contributed by atoms with Crippen LogP contribution in [0, 0.1) is 0 Å². The Labute approximate surface area is 123 Å². The molecule has 1 aliphatic carbocycles. The van der Waals surface area contributed by atoms with Crippen LogP contribution in [0.15, 0.2) is 0 Å². The van der Waals surface area contributed by atoms with Gasteiger partial charge in [-0.3, -0.25) is 9.69 Å². The van der Waals surface area contributed by atoms with Gasteiger partial charge in [-0.1, -0.05) is 0 Å². The van der Waals surface area contributed by atoms with Gasteiger partial charge in [-0.15, -0.1) is 0 Å². The summed E-state index contributed by atoms with van der Waals surface area (Å²) >= 11 is 0. The van der Waals surface area contributed by atoms with Crippen molar-refractivity contribution in [1.29, 1.82) is 0 Å². The molecule has 0 heterocycles. The maximum atomic E-state index is 11.7. The summed E-state index contributed by atoms with van der Waals surface area (Å²) in [6.45, 7) is 8.94. The van der Waals surface area contributed by atoms with Crippen molar-refractivity contribution in [3.63, 3.8) is 0 Å². The van der Waals surface area contributed by atoms with Crippen molar-refractivity contribution in [2.45, 2.75) is 64.1 Å². The van der Waals surface area contributed by atoms with Crippen molar-refractivity contribution in [2.75, 3.05) is 26.8 Å². The molecule has 0 aliphatic heterocycles. The Hall–Kier alpha value is -0.650. The lowest BCUT2D eigenvalue weighted by Gasteiger charge is -2.30. The first-order valence-corrected chi connectivity index (χ1v) is 7.69. The number of nitrogens with two attached hydrogens (primary N) is 1. The fourth-order valence-electron chi connectivity index (χ4n) is 2.42. The van der Waals surface area contributed by atoms with Crippen molar-refractivity contribution in [2.24, 2.45) is 5.73 Å². The minimum absolute atomic E-state index is 0.239. The van der Waals surface area contributed by atoms with Crippen molar-refractivity contribution in [3.8, 4) is 0 Å². The molecule has 118 valence electrons. The molecule has 1 saturated carbocycles. The molecule has 1 rings (SSSR count). The molecule has 1 atom stereocenters. The highest BCUT2D eigenvalue weighted by atomic mass is 16.5. The largest absolute Gasteiger partial charge is 0.383 e. The van der Waals surface area contributed by atoms with Gasteiger partial charge in [0.25, 0.3) is 0 Å². The van der Waals surface area contributed by atoms with Gasteiger partial charge >= 0.3 is 0 Å². The lowest BCUT2D eigenvalue weighted by atomic mass is 9.94. The SMILES string of the molecule is COCCN(CCCC(C)(NC1CC1)C(N)=O)C(C)C. The molecule has 1 amide bonds. The molecule has 0 aromatic rings. The van der Waals surface area contributed by atoms with Crippen LogP contribution in [0.3, 0.4) is 0 Å². The van der Waals surface area contributed by atoms with Crippen LogP contribution >= 0.6 is 0 Å². The second kappa shape index (κ2) is 7.96. The molecule has 0 saturated heterocycles. The van der Waals surface area contributed by atoms with Crippen LogP contribution < -0.4 is 11.1 Å². The number of ether oxygens (including phenoxy) is 1. The molecule has 0 radical (unpaired) electrons. The monoisotopic (exact) mass is 285 g/mol. The van der Waals surface area contributed by atoms with Gasteiger partial charge in [0.15, 0.2) is 0 Å². The number of amides is 1. The van der Waals surface area contributed by atoms with E-state index in [0.717, 1.165) is 45.4 Å². The quantitative estimate of drug-likeness (QED) is 0.597. The summed E-state index contributed by atoms with van der Waals surface area (Å²) in [7, 11) is 1.72. The van der Waals surface area contributed by atoms with Crippen LogP contribution in [0.5, 0.6) is 0 Å². The first kappa shape index (κ1) is 17.4. The number of hydrogen-bond acceptors (Lipinski definition) is 4. The van der Waals surface area contributed by atoms with Crippen LogP contribution in [0.25, 0.3) is 0 Å². The zero-order valence-electron chi connectivity index (χ0n) is 13.4. The molecule has 1 unspecified atom stereocenters. The fourth-order valence-corrected chi connectivity index (χ4v) is 2.42. The third kappa shape index (κ3) is 5.77. The van der Waals surface area contributed by atoms with Gasteiger partial charge in [0.05, 0.1) is 12.1 Å². The van der Waals surface area contributed by atoms with Gasteiger partial charge in [-0.2, -0.15) is 0 Å². The minimum Gasteiger partial charge on any atom is -0.383 e. The van der Waals surface area contributed by atoms with E-state index in [9.17, 15) is 4.79 Å². The number of nitrogens with one attached hydrogen (secondary N) is 1. The number of hydrogen-bond donors (Lipinski definition) is 2. The van der Waals surface area contributed by atoms with Crippen LogP contribution in [0.2, 0.25) is 0 Å². The van der Waals surface area contributed by atoms with E-state index < -0.39 is 5.54 Å². The zero-order chi connectivity index (χ0) is 15.2. The first-order chi connectivity index (χ1) is 9.39. The molecule has 1 fully saturated rings. The lowest BCUT2D eigenvalue weighted by Crippen LogP contribution is -2.54. The number of carbonyl (C=O) groups excluding carboxylic acids is 1. The highest BCUT2D eigenvalue weighted by molar-refractivity contribution is 5.84. The standard InChI is InChI=1S/C15H31N3O2/c1-12(2)18(10-11-20-4)9-5-8-15(3,14(16)19)17-13-6-7-13/h12-13,17H,5-11H2,1-4H3,(H2,16,19). The molecule has 3 N–H and O–H groups in total. The number of carbonyl (C=O) groups is 1. The summed E-state index contributed by atoms with van der Waals surface area (Å²) in [6, 6.07) is 0.976. The Balaban J connectivity index is 2.39. The van der Waals surface area contributed by atoms with Crippen molar-refractivity contribution < 1.29 is 9.53 Å². The Morgan fingerprint density at radius 3 is 2.55 bits per heavy atom. The maximum absolute atomic E-state index is 11.7. The Morgan fingerprint density at radius 2 is 2.10 bits per heavy atom. The second-order valence-electron chi connectivity index (χ2n) is 6.34. The van der Waals surface area contributed by atoms with Gasteiger partial charge in [0, 0.05) is 25.7 Å². The minimum atomic E-state index is -0.564. The molecular formula is C15H31N3O2. The molecule has 1 aliphatic rings. The van der Waals surface area contributed by atoms with Crippen LogP contribution in [0.1, 0.15) is 46.5 Å². The van der Waals surface area contributed by atoms with E-state index >= 15 is 0 Å². The number of primary amides is 1. The Kier molecular flexibility index (Phi) is 6.92. The second-order valence-corrected chi connectivity index (χ2v) is 6.34. The maximum Gasteiger partial charge on any atom is 0.237 e. The summed E-state index contributed by atoms with van der Waals surface area (Å²) in [5.41, 5.74) is 5.00.